The van der Waals surface area contributed by atoms with Crippen LogP contribution in [0.15, 0.2) is 55.1 Å². The maximum Gasteiger partial charge on any atom is 0.389 e. The number of hydrogen-bond acceptors (Lipinski definition) is 6. The van der Waals surface area contributed by atoms with Gasteiger partial charge < -0.3 is 14.2 Å². The number of alkyl halides is 3. The monoisotopic (exact) mass is 485 g/mol. The van der Waals surface area contributed by atoms with E-state index in [-0.39, 0.29) is 17.1 Å². The molecule has 1 aromatic carbocycles. The number of carbonyl (C=O) groups is 1. The van der Waals surface area contributed by atoms with Crippen LogP contribution in [-0.4, -0.2) is 47.7 Å². The van der Waals surface area contributed by atoms with E-state index in [4.69, 9.17) is 14.2 Å². The number of Topliss-reactive ketones (excluding diaryl/α,β-unsaturated/α-hetero) is 1. The number of imidazole rings is 1. The highest BCUT2D eigenvalue weighted by atomic mass is 19.4. The van der Waals surface area contributed by atoms with E-state index in [1.54, 1.807) is 37.8 Å². The minimum absolute atomic E-state index is 0.0235. The van der Waals surface area contributed by atoms with Crippen molar-refractivity contribution in [1.82, 2.24) is 14.4 Å². The van der Waals surface area contributed by atoms with Crippen LogP contribution >= 0.6 is 0 Å². The van der Waals surface area contributed by atoms with Crippen LogP contribution in [0.3, 0.4) is 0 Å². The van der Waals surface area contributed by atoms with Gasteiger partial charge in [-0.3, -0.25) is 14.2 Å². The highest BCUT2D eigenvalue weighted by Gasteiger charge is 2.30. The first-order chi connectivity index (χ1) is 16.7. The van der Waals surface area contributed by atoms with Gasteiger partial charge in [-0.05, 0) is 35.9 Å². The molecule has 0 aliphatic heterocycles. The second-order valence-corrected chi connectivity index (χ2v) is 7.69. The summed E-state index contributed by atoms with van der Waals surface area (Å²) in [5, 5.41) is 0. The molecule has 0 fully saturated rings. The van der Waals surface area contributed by atoms with E-state index in [2.05, 4.69) is 9.97 Å². The van der Waals surface area contributed by atoms with Gasteiger partial charge in [-0.1, -0.05) is 0 Å². The third kappa shape index (κ3) is 5.06. The van der Waals surface area contributed by atoms with E-state index in [1.165, 1.54) is 14.2 Å². The molecule has 35 heavy (non-hydrogen) atoms. The Bertz CT molecular complexity index is 1360. The third-order valence-electron chi connectivity index (χ3n) is 5.51. The zero-order chi connectivity index (χ0) is 25.2. The van der Waals surface area contributed by atoms with Crippen molar-refractivity contribution < 1.29 is 32.2 Å². The molecule has 0 atom stereocenters. The topological polar surface area (TPSA) is 75.0 Å². The Hall–Kier alpha value is -4.08. The van der Waals surface area contributed by atoms with Gasteiger partial charge >= 0.3 is 6.18 Å². The van der Waals surface area contributed by atoms with Crippen LogP contribution in [0.4, 0.5) is 13.2 Å². The van der Waals surface area contributed by atoms with E-state index >= 15 is 0 Å². The summed E-state index contributed by atoms with van der Waals surface area (Å²) in [6.07, 6.45) is 0.476. The molecule has 4 aromatic rings. The molecule has 0 saturated heterocycles. The molecule has 7 nitrogen and oxygen atoms in total. The van der Waals surface area contributed by atoms with Crippen LogP contribution in [0, 0.1) is 0 Å². The molecule has 3 heterocycles. The third-order valence-corrected chi connectivity index (χ3v) is 5.51. The normalized spacial score (nSPS) is 11.5. The van der Waals surface area contributed by atoms with Crippen molar-refractivity contribution in [3.05, 3.63) is 60.7 Å². The Kier molecular flexibility index (Phi) is 6.63. The number of aromatic nitrogens is 3. The summed E-state index contributed by atoms with van der Waals surface area (Å²) in [6, 6.07) is 8.84. The number of nitrogens with zero attached hydrogens (tertiary/aromatic N) is 3. The molecule has 182 valence electrons. The minimum Gasteiger partial charge on any atom is -0.496 e. The van der Waals surface area contributed by atoms with Crippen LogP contribution in [0.1, 0.15) is 23.2 Å². The summed E-state index contributed by atoms with van der Waals surface area (Å²) in [6.45, 7) is 0. The van der Waals surface area contributed by atoms with E-state index in [0.717, 1.165) is 11.1 Å². The lowest BCUT2D eigenvalue weighted by molar-refractivity contribution is -0.133. The number of carbonyl (C=O) groups excluding carboxylic acids is 1. The zero-order valence-electron chi connectivity index (χ0n) is 19.2. The van der Waals surface area contributed by atoms with Crippen molar-refractivity contribution >= 4 is 11.4 Å². The molecule has 0 aliphatic rings. The fourth-order valence-corrected chi connectivity index (χ4v) is 3.78. The van der Waals surface area contributed by atoms with Crippen LogP contribution in [0.5, 0.6) is 17.2 Å². The number of rotatable bonds is 8. The Morgan fingerprint density at radius 1 is 0.914 bits per heavy atom. The van der Waals surface area contributed by atoms with Crippen molar-refractivity contribution in [1.29, 1.82) is 0 Å². The standard InChI is InChI=1S/C25H22F3N3O4/c1-33-18-8-17(12-29-13-18)15-5-7-31-19(14-30-23(31)11-15)16-9-21(34-2)24(22(10-16)35-3)20(32)4-6-25(26,27)28/h5,7-14H,4,6H2,1-3H3. The zero-order valence-corrected chi connectivity index (χ0v) is 19.2. The lowest BCUT2D eigenvalue weighted by Gasteiger charge is -2.15. The van der Waals surface area contributed by atoms with Crippen LogP contribution < -0.4 is 14.2 Å². The van der Waals surface area contributed by atoms with E-state index in [1.807, 2.05) is 28.8 Å². The van der Waals surface area contributed by atoms with Gasteiger partial charge in [0.15, 0.2) is 5.78 Å². The number of ether oxygens (including phenoxy) is 3. The summed E-state index contributed by atoms with van der Waals surface area (Å²) < 4.78 is 55.7. The van der Waals surface area contributed by atoms with Crippen LogP contribution in [-0.2, 0) is 0 Å². The van der Waals surface area contributed by atoms with Gasteiger partial charge in [-0.25, -0.2) is 4.98 Å². The highest BCUT2D eigenvalue weighted by Crippen LogP contribution is 2.37. The smallest absolute Gasteiger partial charge is 0.389 e. The molecular formula is C25H22F3N3O4. The first-order valence-electron chi connectivity index (χ1n) is 10.6. The van der Waals surface area contributed by atoms with Gasteiger partial charge in [0.1, 0.15) is 28.5 Å². The van der Waals surface area contributed by atoms with E-state index in [0.29, 0.717) is 22.7 Å². The number of pyridine rings is 2. The molecule has 0 saturated carbocycles. The van der Waals surface area contributed by atoms with Gasteiger partial charge in [0.2, 0.25) is 0 Å². The summed E-state index contributed by atoms with van der Waals surface area (Å²) in [7, 11) is 4.27. The molecule has 10 heteroatoms. The summed E-state index contributed by atoms with van der Waals surface area (Å²) in [5.74, 6) is 0.175. The Morgan fingerprint density at radius 2 is 1.63 bits per heavy atom. The molecular weight excluding hydrogens is 463 g/mol. The van der Waals surface area contributed by atoms with Gasteiger partial charge in [0, 0.05) is 29.9 Å². The Labute approximate surface area is 199 Å². The molecule has 0 radical (unpaired) electrons. The molecule has 0 bridgehead atoms. The van der Waals surface area contributed by atoms with Gasteiger partial charge in [0.25, 0.3) is 0 Å². The van der Waals surface area contributed by atoms with Crippen molar-refractivity contribution in [2.45, 2.75) is 19.0 Å². The lowest BCUT2D eigenvalue weighted by atomic mass is 10.0. The molecule has 0 spiro atoms. The number of methoxy groups -OCH3 is 3. The number of fused-ring (bicyclic) bond motifs is 1. The van der Waals surface area contributed by atoms with Crippen LogP contribution in [0.2, 0.25) is 0 Å². The SMILES string of the molecule is COc1cncc(-c2ccn3c(-c4cc(OC)c(C(=O)CCC(F)(F)F)c(OC)c4)cnc3c2)c1. The van der Waals surface area contributed by atoms with Crippen molar-refractivity contribution in [2.24, 2.45) is 0 Å². The lowest BCUT2D eigenvalue weighted by Crippen LogP contribution is -2.12. The Morgan fingerprint density at radius 3 is 2.26 bits per heavy atom. The molecule has 0 aliphatic carbocycles. The predicted molar refractivity (Wildman–Crippen MR) is 123 cm³/mol. The second kappa shape index (κ2) is 9.65. The van der Waals surface area contributed by atoms with E-state index in [9.17, 15) is 18.0 Å². The minimum atomic E-state index is -4.44. The fourth-order valence-electron chi connectivity index (χ4n) is 3.78. The molecule has 0 unspecified atom stereocenters. The average molecular weight is 485 g/mol. The molecule has 3 aromatic heterocycles. The maximum atomic E-state index is 12.6. The van der Waals surface area contributed by atoms with Crippen LogP contribution in [0.25, 0.3) is 28.0 Å². The van der Waals surface area contributed by atoms with Gasteiger partial charge in [-0.2, -0.15) is 13.2 Å². The Balaban J connectivity index is 1.73. The number of hydrogen-bond donors (Lipinski definition) is 0. The summed E-state index contributed by atoms with van der Waals surface area (Å²) >= 11 is 0. The number of benzene rings is 1. The molecule has 0 amide bonds. The maximum absolute atomic E-state index is 12.6. The number of ketones is 1. The largest absolute Gasteiger partial charge is 0.496 e. The first kappa shape index (κ1) is 24.1. The average Bonchev–Trinajstić information content (AvgIpc) is 3.29. The van der Waals surface area contributed by atoms with Gasteiger partial charge in [0.05, 0.1) is 45.8 Å². The molecule has 0 N–H and O–H groups in total. The van der Waals surface area contributed by atoms with Crippen molar-refractivity contribution in [2.75, 3.05) is 21.3 Å². The predicted octanol–water partition coefficient (Wildman–Crippen LogP) is 5.61. The van der Waals surface area contributed by atoms with Crippen molar-refractivity contribution in [3.8, 4) is 39.6 Å². The first-order valence-corrected chi connectivity index (χ1v) is 10.6. The van der Waals surface area contributed by atoms with Crippen molar-refractivity contribution in [3.63, 3.8) is 0 Å². The summed E-state index contributed by atoms with van der Waals surface area (Å²) in [4.78, 5) is 21.3. The van der Waals surface area contributed by atoms with E-state index < -0.39 is 24.8 Å². The number of halogens is 3. The quantitative estimate of drug-likeness (QED) is 0.302. The second-order valence-electron chi connectivity index (χ2n) is 7.69. The molecule has 4 rings (SSSR count). The summed E-state index contributed by atoms with van der Waals surface area (Å²) in [5.41, 5.74) is 3.69. The highest BCUT2D eigenvalue weighted by molar-refractivity contribution is 6.02. The van der Waals surface area contributed by atoms with Gasteiger partial charge in [-0.15, -0.1) is 0 Å². The fraction of sp³-hybridized carbons (Fsp3) is 0.240.